The average Bonchev–Trinajstić information content (AvgIpc) is 3.68. The van der Waals surface area contributed by atoms with E-state index in [1.165, 1.54) is 23.5 Å². The highest BCUT2D eigenvalue weighted by atomic mass is 32.1. The first-order valence-corrected chi connectivity index (χ1v) is 16.0. The predicted octanol–water partition coefficient (Wildman–Crippen LogP) is 4.77. The second-order valence-electron chi connectivity index (χ2n) is 11.2. The minimum absolute atomic E-state index is 0.0432. The van der Waals surface area contributed by atoms with Gasteiger partial charge in [-0.15, -0.1) is 0 Å². The first kappa shape index (κ1) is 30.3. The molecular formula is C34H35N5O5S. The van der Waals surface area contributed by atoms with Crippen LogP contribution < -0.4 is 24.5 Å². The number of hydrogen-bond acceptors (Lipinski definition) is 8. The minimum Gasteiger partial charge on any atom is -0.496 e. The molecule has 10 nitrogen and oxygen atoms in total. The number of nitrogens with zero attached hydrogens (tertiary/aromatic N) is 5. The maximum Gasteiger partial charge on any atom is 0.271 e. The number of anilines is 1. The van der Waals surface area contributed by atoms with Gasteiger partial charge in [0.1, 0.15) is 11.8 Å². The molecule has 11 heteroatoms. The summed E-state index contributed by atoms with van der Waals surface area (Å²) in [5.74, 6) is 0.369. The van der Waals surface area contributed by atoms with Crippen LogP contribution in [-0.2, 0) is 4.79 Å². The van der Waals surface area contributed by atoms with Crippen molar-refractivity contribution in [2.24, 2.45) is 4.99 Å². The molecule has 0 radical (unpaired) electrons. The minimum atomic E-state index is -0.805. The summed E-state index contributed by atoms with van der Waals surface area (Å²) >= 11 is 1.22. The number of methoxy groups -OCH3 is 1. The van der Waals surface area contributed by atoms with Gasteiger partial charge in [0.05, 0.1) is 27.8 Å². The Labute approximate surface area is 264 Å². The van der Waals surface area contributed by atoms with Gasteiger partial charge in [-0.3, -0.25) is 24.3 Å². The molecule has 4 aromatic rings. The Hall–Kier alpha value is -4.77. The van der Waals surface area contributed by atoms with Crippen molar-refractivity contribution in [3.05, 3.63) is 107 Å². The van der Waals surface area contributed by atoms with Gasteiger partial charge in [-0.2, -0.15) is 0 Å². The fraction of sp³-hybridized carbons (Fsp3) is 0.324. The van der Waals surface area contributed by atoms with E-state index in [1.54, 1.807) is 28.7 Å². The van der Waals surface area contributed by atoms with Crippen molar-refractivity contribution in [2.75, 3.05) is 38.2 Å². The van der Waals surface area contributed by atoms with Crippen molar-refractivity contribution in [1.29, 1.82) is 0 Å². The molecule has 6 rings (SSSR count). The molecule has 1 saturated heterocycles. The fourth-order valence-corrected chi connectivity index (χ4v) is 7.48. The zero-order valence-corrected chi connectivity index (χ0v) is 26.6. The number of rotatable bonds is 8. The van der Waals surface area contributed by atoms with E-state index in [0.29, 0.717) is 50.6 Å². The molecule has 1 fully saturated rings. The molecule has 3 heterocycles. The average molecular weight is 626 g/mol. The van der Waals surface area contributed by atoms with E-state index in [0.717, 1.165) is 42.4 Å². The number of nitro groups is 1. The molecule has 45 heavy (non-hydrogen) atoms. The van der Waals surface area contributed by atoms with Gasteiger partial charge in [-0.25, -0.2) is 4.99 Å². The van der Waals surface area contributed by atoms with Gasteiger partial charge < -0.3 is 14.5 Å². The molecule has 0 unspecified atom stereocenters. The van der Waals surface area contributed by atoms with Gasteiger partial charge in [-0.05, 0) is 62.6 Å². The summed E-state index contributed by atoms with van der Waals surface area (Å²) in [6.07, 6.45) is 3.80. The van der Waals surface area contributed by atoms with Gasteiger partial charge in [0, 0.05) is 55.1 Å². The van der Waals surface area contributed by atoms with Crippen molar-refractivity contribution in [1.82, 2.24) is 9.47 Å². The topological polar surface area (TPSA) is 110 Å². The summed E-state index contributed by atoms with van der Waals surface area (Å²) < 4.78 is 7.85. The molecule has 0 aliphatic carbocycles. The summed E-state index contributed by atoms with van der Waals surface area (Å²) in [5, 5.41) is 13.5. The maximum atomic E-state index is 14.5. The normalized spacial score (nSPS) is 16.6. The Balaban J connectivity index is 1.65. The van der Waals surface area contributed by atoms with Crippen LogP contribution in [0.1, 0.15) is 50.8 Å². The smallest absolute Gasteiger partial charge is 0.271 e. The lowest BCUT2D eigenvalue weighted by Crippen LogP contribution is -2.43. The highest BCUT2D eigenvalue weighted by Gasteiger charge is 2.36. The number of thiazole rings is 1. The van der Waals surface area contributed by atoms with E-state index in [4.69, 9.17) is 9.73 Å². The monoisotopic (exact) mass is 625 g/mol. The van der Waals surface area contributed by atoms with Crippen LogP contribution in [0.25, 0.3) is 16.8 Å². The first-order valence-electron chi connectivity index (χ1n) is 15.2. The molecule has 1 amide bonds. The number of aromatic nitrogens is 1. The zero-order valence-electron chi connectivity index (χ0n) is 25.8. The SMILES string of the molecule is CCN(CC)C(=O)C1=C(C)N=c2s/c(=C\c3cc([N+](=O)[O-])ccc3N3CCCC3)c(=O)n2[C@H]1c1c(OC)ccc2ccccc12. The van der Waals surface area contributed by atoms with Crippen LogP contribution in [0.15, 0.2) is 75.7 Å². The molecule has 2 aliphatic rings. The number of nitro benzene ring substituents is 1. The van der Waals surface area contributed by atoms with E-state index in [1.807, 2.05) is 57.2 Å². The highest BCUT2D eigenvalue weighted by molar-refractivity contribution is 7.07. The third kappa shape index (κ3) is 5.31. The summed E-state index contributed by atoms with van der Waals surface area (Å²) in [7, 11) is 1.59. The fourth-order valence-electron chi connectivity index (χ4n) is 6.44. The molecule has 0 bridgehead atoms. The van der Waals surface area contributed by atoms with Crippen LogP contribution in [0.3, 0.4) is 0 Å². The molecule has 0 N–H and O–H groups in total. The number of benzene rings is 3. The molecule has 1 atom stereocenters. The Morgan fingerprint density at radius 1 is 1.13 bits per heavy atom. The van der Waals surface area contributed by atoms with Gasteiger partial charge in [-0.1, -0.05) is 41.7 Å². The van der Waals surface area contributed by atoms with E-state index in [-0.39, 0.29) is 17.2 Å². The Bertz CT molecular complexity index is 2040. The van der Waals surface area contributed by atoms with Gasteiger partial charge >= 0.3 is 0 Å². The van der Waals surface area contributed by atoms with Crippen LogP contribution in [0.2, 0.25) is 0 Å². The highest BCUT2D eigenvalue weighted by Crippen LogP contribution is 2.40. The number of likely N-dealkylation sites (N-methyl/N-ethyl adjacent to an activating group) is 1. The van der Waals surface area contributed by atoms with Crippen molar-refractivity contribution in [2.45, 2.75) is 39.7 Å². The summed E-state index contributed by atoms with van der Waals surface area (Å²) in [6.45, 7) is 8.36. The Kier molecular flexibility index (Phi) is 8.28. The number of fused-ring (bicyclic) bond motifs is 2. The van der Waals surface area contributed by atoms with Gasteiger partial charge in [0.15, 0.2) is 4.80 Å². The summed E-state index contributed by atoms with van der Waals surface area (Å²) in [6, 6.07) is 15.7. The number of carbonyl (C=O) groups excluding carboxylic acids is 1. The van der Waals surface area contributed by atoms with Crippen LogP contribution in [0.5, 0.6) is 5.75 Å². The number of non-ortho nitro benzene ring substituents is 1. The maximum absolute atomic E-state index is 14.5. The number of ether oxygens (including phenoxy) is 1. The molecule has 2 aliphatic heterocycles. The molecule has 3 aromatic carbocycles. The van der Waals surface area contributed by atoms with Crippen LogP contribution in [0, 0.1) is 10.1 Å². The molecular weight excluding hydrogens is 590 g/mol. The van der Waals surface area contributed by atoms with Crippen molar-refractivity contribution >= 4 is 45.5 Å². The molecule has 1 aromatic heterocycles. The lowest BCUT2D eigenvalue weighted by molar-refractivity contribution is -0.384. The number of amides is 1. The third-order valence-corrected chi connectivity index (χ3v) is 9.67. The van der Waals surface area contributed by atoms with Crippen molar-refractivity contribution in [3.8, 4) is 5.75 Å². The molecule has 0 spiro atoms. The molecule has 0 saturated carbocycles. The summed E-state index contributed by atoms with van der Waals surface area (Å²) in [4.78, 5) is 49.2. The quantitative estimate of drug-likeness (QED) is 0.206. The van der Waals surface area contributed by atoms with E-state index in [9.17, 15) is 19.7 Å². The van der Waals surface area contributed by atoms with Crippen LogP contribution >= 0.6 is 11.3 Å². The summed E-state index contributed by atoms with van der Waals surface area (Å²) in [5.41, 5.74) is 2.75. The van der Waals surface area contributed by atoms with Gasteiger partial charge in [0.25, 0.3) is 17.2 Å². The van der Waals surface area contributed by atoms with E-state index >= 15 is 0 Å². The number of allylic oxidation sites excluding steroid dienone is 1. The third-order valence-electron chi connectivity index (χ3n) is 8.68. The Morgan fingerprint density at radius 2 is 1.87 bits per heavy atom. The number of carbonyl (C=O) groups is 1. The van der Waals surface area contributed by atoms with Gasteiger partial charge in [0.2, 0.25) is 0 Å². The lowest BCUT2D eigenvalue weighted by atomic mass is 9.90. The second kappa shape index (κ2) is 12.3. The van der Waals surface area contributed by atoms with Crippen LogP contribution in [0.4, 0.5) is 11.4 Å². The lowest BCUT2D eigenvalue weighted by Gasteiger charge is -2.30. The van der Waals surface area contributed by atoms with Crippen molar-refractivity contribution in [3.63, 3.8) is 0 Å². The predicted molar refractivity (Wildman–Crippen MR) is 177 cm³/mol. The van der Waals surface area contributed by atoms with E-state index in [2.05, 4.69) is 4.90 Å². The number of hydrogen-bond donors (Lipinski definition) is 0. The second-order valence-corrected chi connectivity index (χ2v) is 12.2. The van der Waals surface area contributed by atoms with Crippen LogP contribution in [-0.4, -0.2) is 53.6 Å². The van der Waals surface area contributed by atoms with E-state index < -0.39 is 11.0 Å². The Morgan fingerprint density at radius 3 is 2.56 bits per heavy atom. The standard InChI is InChI=1S/C34H35N5O5S/c1-5-36(6-2)33(41)29-21(3)35-34-38(31(29)30-25-12-8-7-11-22(25)13-16-27(30)44-4)32(40)28(45-34)20-23-19-24(39(42)43)14-15-26(23)37-17-9-10-18-37/h7-8,11-16,19-20,31H,5-6,9-10,17-18H2,1-4H3/b28-20-/t31-/m1/s1. The first-order chi connectivity index (χ1) is 21.8. The largest absolute Gasteiger partial charge is 0.496 e. The van der Waals surface area contributed by atoms with Crippen molar-refractivity contribution < 1.29 is 14.5 Å². The zero-order chi connectivity index (χ0) is 31.8. The molecule has 232 valence electrons.